The van der Waals surface area contributed by atoms with Crippen molar-refractivity contribution in [2.45, 2.75) is 38.3 Å². The SMILES string of the molecule is COC(=O)c1ccc2cc(-c3ccc4c(c3)[Si](C)(C)CC[Si]4(C)C)ccc2c1. The number of esters is 1. The summed E-state index contributed by atoms with van der Waals surface area (Å²) in [6, 6.07) is 22.3. The van der Waals surface area contributed by atoms with Crippen molar-refractivity contribution >= 4 is 43.3 Å². The molecular formula is C24H28O2Si2. The van der Waals surface area contributed by atoms with Crippen LogP contribution < -0.4 is 10.4 Å². The van der Waals surface area contributed by atoms with E-state index < -0.39 is 16.1 Å². The normalized spacial score (nSPS) is 17.2. The molecule has 3 aromatic rings. The van der Waals surface area contributed by atoms with E-state index in [0.29, 0.717) is 5.56 Å². The largest absolute Gasteiger partial charge is 0.465 e. The summed E-state index contributed by atoms with van der Waals surface area (Å²) < 4.78 is 4.84. The first-order valence-corrected chi connectivity index (χ1v) is 16.4. The lowest BCUT2D eigenvalue weighted by molar-refractivity contribution is 0.0601. The van der Waals surface area contributed by atoms with Gasteiger partial charge in [0.05, 0.1) is 28.8 Å². The monoisotopic (exact) mass is 404 g/mol. The predicted molar refractivity (Wildman–Crippen MR) is 125 cm³/mol. The van der Waals surface area contributed by atoms with Crippen LogP contribution in [-0.4, -0.2) is 29.2 Å². The first kappa shape index (κ1) is 19.2. The van der Waals surface area contributed by atoms with Crippen LogP contribution in [0.4, 0.5) is 0 Å². The summed E-state index contributed by atoms with van der Waals surface area (Å²) in [5.41, 5.74) is 3.15. The van der Waals surface area contributed by atoms with Gasteiger partial charge in [0.1, 0.15) is 0 Å². The molecule has 0 aliphatic carbocycles. The van der Waals surface area contributed by atoms with Crippen molar-refractivity contribution in [3.05, 3.63) is 60.2 Å². The Balaban J connectivity index is 1.79. The summed E-state index contributed by atoms with van der Waals surface area (Å²) in [5.74, 6) is -0.292. The van der Waals surface area contributed by atoms with Gasteiger partial charge in [0.25, 0.3) is 0 Å². The zero-order valence-electron chi connectivity index (χ0n) is 17.4. The summed E-state index contributed by atoms with van der Waals surface area (Å²) in [6.07, 6.45) is 0. The molecule has 0 fully saturated rings. The number of carbonyl (C=O) groups is 1. The van der Waals surface area contributed by atoms with E-state index in [2.05, 4.69) is 62.6 Å². The molecule has 1 heterocycles. The molecule has 0 atom stereocenters. The second-order valence-corrected chi connectivity index (χ2v) is 18.9. The average Bonchev–Trinajstić information content (AvgIpc) is 2.70. The van der Waals surface area contributed by atoms with Gasteiger partial charge in [-0.1, -0.05) is 85.0 Å². The molecule has 1 aliphatic rings. The molecular weight excluding hydrogens is 376 g/mol. The van der Waals surface area contributed by atoms with Crippen molar-refractivity contribution in [1.82, 2.24) is 0 Å². The van der Waals surface area contributed by atoms with E-state index >= 15 is 0 Å². The highest BCUT2D eigenvalue weighted by Crippen LogP contribution is 2.29. The second-order valence-electron chi connectivity index (χ2n) is 9.30. The van der Waals surface area contributed by atoms with E-state index in [-0.39, 0.29) is 5.97 Å². The lowest BCUT2D eigenvalue weighted by atomic mass is 10.00. The number of fused-ring (bicyclic) bond motifs is 2. The van der Waals surface area contributed by atoms with Gasteiger partial charge in [0, 0.05) is 0 Å². The molecule has 0 radical (unpaired) electrons. The number of methoxy groups -OCH3 is 1. The van der Waals surface area contributed by atoms with Gasteiger partial charge in [-0.25, -0.2) is 4.79 Å². The molecule has 0 amide bonds. The van der Waals surface area contributed by atoms with Gasteiger partial charge in [0.15, 0.2) is 0 Å². The molecule has 0 spiro atoms. The van der Waals surface area contributed by atoms with Crippen molar-refractivity contribution in [3.8, 4) is 11.1 Å². The first-order valence-electron chi connectivity index (χ1n) is 9.99. The average molecular weight is 405 g/mol. The van der Waals surface area contributed by atoms with Crippen LogP contribution in [0, 0.1) is 0 Å². The van der Waals surface area contributed by atoms with Gasteiger partial charge in [-0.2, -0.15) is 0 Å². The van der Waals surface area contributed by atoms with Crippen LogP contribution >= 0.6 is 0 Å². The van der Waals surface area contributed by atoms with Crippen LogP contribution in [0.5, 0.6) is 0 Å². The summed E-state index contributed by atoms with van der Waals surface area (Å²) in [4.78, 5) is 11.8. The number of carbonyl (C=O) groups excluding carboxylic acids is 1. The molecule has 0 saturated carbocycles. The Morgan fingerprint density at radius 2 is 1.32 bits per heavy atom. The minimum Gasteiger partial charge on any atom is -0.465 e. The molecule has 0 aromatic heterocycles. The molecule has 0 saturated heterocycles. The Labute approximate surface area is 169 Å². The van der Waals surface area contributed by atoms with Crippen LogP contribution in [0.3, 0.4) is 0 Å². The molecule has 1 aliphatic heterocycles. The van der Waals surface area contributed by atoms with E-state index in [1.807, 2.05) is 18.2 Å². The van der Waals surface area contributed by atoms with Crippen molar-refractivity contribution in [3.63, 3.8) is 0 Å². The van der Waals surface area contributed by atoms with Gasteiger partial charge in [-0.3, -0.25) is 0 Å². The zero-order chi connectivity index (χ0) is 20.1. The molecule has 144 valence electrons. The van der Waals surface area contributed by atoms with Gasteiger partial charge in [-0.15, -0.1) is 0 Å². The summed E-state index contributed by atoms with van der Waals surface area (Å²) in [7, 11) is -1.24. The van der Waals surface area contributed by atoms with E-state index in [1.54, 1.807) is 10.4 Å². The third kappa shape index (κ3) is 3.25. The maximum Gasteiger partial charge on any atom is 0.337 e. The summed E-state index contributed by atoms with van der Waals surface area (Å²) in [5, 5.41) is 5.57. The number of hydrogen-bond donors (Lipinski definition) is 0. The number of rotatable bonds is 2. The molecule has 3 aromatic carbocycles. The third-order valence-corrected chi connectivity index (χ3v) is 14.0. The third-order valence-electron chi connectivity index (χ3n) is 6.45. The van der Waals surface area contributed by atoms with E-state index in [0.717, 1.165) is 10.8 Å². The van der Waals surface area contributed by atoms with Crippen LogP contribution in [0.25, 0.3) is 21.9 Å². The van der Waals surface area contributed by atoms with Crippen LogP contribution in [0.15, 0.2) is 54.6 Å². The fraction of sp³-hybridized carbons (Fsp3) is 0.292. The van der Waals surface area contributed by atoms with Gasteiger partial charge < -0.3 is 4.74 Å². The summed E-state index contributed by atoms with van der Waals surface area (Å²) in [6.45, 7) is 10.1. The lowest BCUT2D eigenvalue weighted by Crippen LogP contribution is -2.63. The fourth-order valence-corrected chi connectivity index (χ4v) is 14.7. The van der Waals surface area contributed by atoms with E-state index in [1.165, 1.54) is 30.3 Å². The van der Waals surface area contributed by atoms with Crippen LogP contribution in [0.2, 0.25) is 38.3 Å². The molecule has 0 bridgehead atoms. The number of hydrogen-bond acceptors (Lipinski definition) is 2. The van der Waals surface area contributed by atoms with Gasteiger partial charge in [0.2, 0.25) is 0 Å². The Kier molecular flexibility index (Phi) is 4.59. The Morgan fingerprint density at radius 3 is 2.04 bits per heavy atom. The van der Waals surface area contributed by atoms with Crippen molar-refractivity contribution in [2.75, 3.05) is 7.11 Å². The maximum atomic E-state index is 11.8. The number of ether oxygens (including phenoxy) is 1. The Hall–Kier alpha value is -2.18. The highest BCUT2D eigenvalue weighted by Gasteiger charge is 2.39. The van der Waals surface area contributed by atoms with Gasteiger partial charge in [-0.05, 0) is 40.1 Å². The minimum atomic E-state index is -1.36. The van der Waals surface area contributed by atoms with Crippen molar-refractivity contribution in [1.29, 1.82) is 0 Å². The van der Waals surface area contributed by atoms with E-state index in [9.17, 15) is 4.79 Å². The minimum absolute atomic E-state index is 0.292. The zero-order valence-corrected chi connectivity index (χ0v) is 19.4. The highest BCUT2D eigenvalue weighted by molar-refractivity contribution is 7.03. The standard InChI is InChI=1S/C24H28O2Si2/c1-26-24(25)21-9-8-17-14-18(6-7-19(17)15-21)20-10-11-22-23(16-20)28(4,5)13-12-27(22,2)3/h6-11,14-16H,12-13H2,1-5H3. The lowest BCUT2D eigenvalue weighted by Gasteiger charge is -2.39. The fourth-order valence-electron chi connectivity index (χ4n) is 4.44. The van der Waals surface area contributed by atoms with Crippen LogP contribution in [0.1, 0.15) is 10.4 Å². The maximum absolute atomic E-state index is 11.8. The van der Waals surface area contributed by atoms with Gasteiger partial charge >= 0.3 is 5.97 Å². The molecule has 0 unspecified atom stereocenters. The van der Waals surface area contributed by atoms with Crippen molar-refractivity contribution in [2.24, 2.45) is 0 Å². The van der Waals surface area contributed by atoms with E-state index in [4.69, 9.17) is 4.74 Å². The predicted octanol–water partition coefficient (Wildman–Crippen LogP) is 5.14. The Bertz CT molecular complexity index is 1080. The number of benzene rings is 3. The second kappa shape index (κ2) is 6.71. The molecule has 2 nitrogen and oxygen atoms in total. The van der Waals surface area contributed by atoms with Crippen LogP contribution in [-0.2, 0) is 4.74 Å². The topological polar surface area (TPSA) is 26.3 Å². The quantitative estimate of drug-likeness (QED) is 0.437. The molecule has 0 N–H and O–H groups in total. The summed E-state index contributed by atoms with van der Waals surface area (Å²) >= 11 is 0. The smallest absolute Gasteiger partial charge is 0.337 e. The Morgan fingerprint density at radius 1 is 0.750 bits per heavy atom. The molecule has 28 heavy (non-hydrogen) atoms. The van der Waals surface area contributed by atoms with Crippen molar-refractivity contribution < 1.29 is 9.53 Å². The highest BCUT2D eigenvalue weighted by atomic mass is 28.3. The molecule has 4 rings (SSSR count). The first-order chi connectivity index (χ1) is 13.2. The molecule has 4 heteroatoms.